The Labute approximate surface area is 260 Å². The summed E-state index contributed by atoms with van der Waals surface area (Å²) in [6.45, 7) is 5.20. The minimum atomic E-state index is -1.73. The average molecular weight is 651 g/mol. The number of allylic oxidation sites excluding steroid dienone is 2. The Morgan fingerprint density at radius 1 is 0.891 bits per heavy atom. The molecule has 0 N–H and O–H groups in total. The molecule has 12 heteroatoms. The highest BCUT2D eigenvalue weighted by Crippen LogP contribution is 2.43. The molecule has 0 radical (unpaired) electrons. The normalized spacial score (nSPS) is 21.7. The van der Waals surface area contributed by atoms with Crippen molar-refractivity contribution in [2.24, 2.45) is 5.92 Å². The first-order chi connectivity index (χ1) is 21.9. The van der Waals surface area contributed by atoms with E-state index >= 15 is 13.2 Å². The molecule has 0 spiro atoms. The summed E-state index contributed by atoms with van der Waals surface area (Å²) in [7, 11) is 0. The third-order valence-corrected chi connectivity index (χ3v) is 7.68. The summed E-state index contributed by atoms with van der Waals surface area (Å²) < 4.78 is 123. The molecule has 1 aliphatic heterocycles. The lowest BCUT2D eigenvalue weighted by atomic mass is 9.74. The molecule has 3 aromatic rings. The SMILES string of the molecule is CCCOCC1COC(c2ccc(C3(C)C=C(F)C(C(=O)Oc4ccc(-c5cc(F)c(F)c(F)c5)c(F)c4)=C(F)C3)c(F)c2)OC1. The molecule has 1 heterocycles. The second kappa shape index (κ2) is 13.8. The molecule has 3 aromatic carbocycles. The summed E-state index contributed by atoms with van der Waals surface area (Å²) >= 11 is 0. The number of hydrogen-bond donors (Lipinski definition) is 0. The van der Waals surface area contributed by atoms with Crippen LogP contribution in [-0.2, 0) is 24.4 Å². The van der Waals surface area contributed by atoms with Crippen LogP contribution in [0.2, 0.25) is 0 Å². The minimum Gasteiger partial charge on any atom is -0.423 e. The van der Waals surface area contributed by atoms with Crippen LogP contribution < -0.4 is 4.74 Å². The number of hydrogen-bond acceptors (Lipinski definition) is 5. The van der Waals surface area contributed by atoms with Crippen molar-refractivity contribution >= 4 is 5.97 Å². The quantitative estimate of drug-likeness (QED) is 0.0765. The molecule has 0 bridgehead atoms. The molecular formula is C34H29F7O5. The zero-order chi connectivity index (χ0) is 33.2. The summed E-state index contributed by atoms with van der Waals surface area (Å²) in [5, 5.41) is 0. The number of ether oxygens (including phenoxy) is 4. The number of carbonyl (C=O) groups is 1. The largest absolute Gasteiger partial charge is 0.423 e. The van der Waals surface area contributed by atoms with Crippen LogP contribution in [0.1, 0.15) is 44.1 Å². The van der Waals surface area contributed by atoms with Gasteiger partial charge in [-0.1, -0.05) is 26.0 Å². The highest BCUT2D eigenvalue weighted by atomic mass is 19.2. The van der Waals surface area contributed by atoms with Crippen molar-refractivity contribution in [2.75, 3.05) is 26.4 Å². The highest BCUT2D eigenvalue weighted by molar-refractivity contribution is 5.95. The Morgan fingerprint density at radius 3 is 2.20 bits per heavy atom. The molecule has 0 aromatic heterocycles. The van der Waals surface area contributed by atoms with E-state index in [4.69, 9.17) is 18.9 Å². The summed E-state index contributed by atoms with van der Waals surface area (Å²) in [6, 6.07) is 7.92. The van der Waals surface area contributed by atoms with Crippen molar-refractivity contribution in [2.45, 2.75) is 38.4 Å². The van der Waals surface area contributed by atoms with Gasteiger partial charge in [-0.05, 0) is 54.0 Å². The molecule has 46 heavy (non-hydrogen) atoms. The van der Waals surface area contributed by atoms with Gasteiger partial charge in [-0.3, -0.25) is 0 Å². The molecule has 244 valence electrons. The maximum absolute atomic E-state index is 15.4. The predicted molar refractivity (Wildman–Crippen MR) is 152 cm³/mol. The lowest BCUT2D eigenvalue weighted by Gasteiger charge is -2.32. The molecule has 5 nitrogen and oxygen atoms in total. The van der Waals surface area contributed by atoms with Crippen molar-refractivity contribution in [1.82, 2.24) is 0 Å². The standard InChI is InChI=1S/C34H29F7O5/c1-3-8-43-15-18-16-44-33(45-17-18)19-4-7-23(25(36)9-19)34(2)13-28(39)30(29(40)14-34)32(42)46-21-5-6-22(24(35)12-21)20-10-26(37)31(41)27(38)11-20/h4-7,9-13,18,33H,3,8,14-17H2,1-2H3. The van der Waals surface area contributed by atoms with Crippen LogP contribution in [0.5, 0.6) is 5.75 Å². The summed E-state index contributed by atoms with van der Waals surface area (Å²) in [6.07, 6.45) is 0.373. The van der Waals surface area contributed by atoms with Gasteiger partial charge in [0.15, 0.2) is 23.7 Å². The summed E-state index contributed by atoms with van der Waals surface area (Å²) in [4.78, 5) is 12.7. The van der Waals surface area contributed by atoms with E-state index in [0.717, 1.165) is 24.6 Å². The van der Waals surface area contributed by atoms with Gasteiger partial charge in [0.2, 0.25) is 0 Å². The lowest BCUT2D eigenvalue weighted by Crippen LogP contribution is -2.31. The molecule has 0 amide bonds. The second-order valence-electron chi connectivity index (χ2n) is 11.3. The van der Waals surface area contributed by atoms with E-state index in [1.165, 1.54) is 25.1 Å². The smallest absolute Gasteiger partial charge is 0.349 e. The molecule has 2 aliphatic rings. The van der Waals surface area contributed by atoms with Crippen molar-refractivity contribution in [3.8, 4) is 16.9 Å². The average Bonchev–Trinajstić information content (AvgIpc) is 2.99. The van der Waals surface area contributed by atoms with Gasteiger partial charge in [0.05, 0.1) is 19.8 Å². The molecule has 1 aliphatic carbocycles. The second-order valence-corrected chi connectivity index (χ2v) is 11.3. The maximum Gasteiger partial charge on any atom is 0.349 e. The van der Waals surface area contributed by atoms with Crippen molar-refractivity contribution < 1.29 is 54.5 Å². The Morgan fingerprint density at radius 2 is 1.59 bits per heavy atom. The van der Waals surface area contributed by atoms with Crippen LogP contribution in [0.15, 0.2) is 71.8 Å². The predicted octanol–water partition coefficient (Wildman–Crippen LogP) is 8.48. The third kappa shape index (κ3) is 7.03. The molecule has 1 fully saturated rings. The third-order valence-electron chi connectivity index (χ3n) is 7.68. The van der Waals surface area contributed by atoms with Gasteiger partial charge < -0.3 is 18.9 Å². The number of esters is 1. The van der Waals surface area contributed by atoms with Crippen LogP contribution in [0.3, 0.4) is 0 Å². The highest BCUT2D eigenvalue weighted by Gasteiger charge is 2.39. The van der Waals surface area contributed by atoms with Gasteiger partial charge >= 0.3 is 5.97 Å². The monoisotopic (exact) mass is 650 g/mol. The topological polar surface area (TPSA) is 54.0 Å². The zero-order valence-corrected chi connectivity index (χ0v) is 24.8. The van der Waals surface area contributed by atoms with Gasteiger partial charge in [0, 0.05) is 41.6 Å². The van der Waals surface area contributed by atoms with Crippen molar-refractivity contribution in [3.63, 3.8) is 0 Å². The number of carbonyl (C=O) groups excluding carboxylic acids is 1. The van der Waals surface area contributed by atoms with Crippen molar-refractivity contribution in [1.29, 1.82) is 0 Å². The Hall–Kier alpha value is -4.00. The fourth-order valence-electron chi connectivity index (χ4n) is 5.35. The van der Waals surface area contributed by atoms with Crippen molar-refractivity contribution in [3.05, 3.63) is 112 Å². The Balaban J connectivity index is 1.27. The van der Waals surface area contributed by atoms with Crippen LogP contribution >= 0.6 is 0 Å². The molecule has 1 atom stereocenters. The Bertz CT molecular complexity index is 1670. The minimum absolute atomic E-state index is 0.0357. The summed E-state index contributed by atoms with van der Waals surface area (Å²) in [5.41, 5.74) is -2.92. The van der Waals surface area contributed by atoms with Gasteiger partial charge in [-0.25, -0.2) is 35.5 Å². The Kier molecular flexibility index (Phi) is 9.99. The van der Waals surface area contributed by atoms with E-state index in [1.54, 1.807) is 0 Å². The van der Waals surface area contributed by atoms with E-state index in [1.807, 2.05) is 6.92 Å². The van der Waals surface area contributed by atoms with Gasteiger partial charge in [-0.2, -0.15) is 0 Å². The van der Waals surface area contributed by atoms with Gasteiger partial charge in [0.1, 0.15) is 34.6 Å². The molecule has 5 rings (SSSR count). The van der Waals surface area contributed by atoms with E-state index in [2.05, 4.69) is 0 Å². The molecular weight excluding hydrogens is 621 g/mol. The van der Waals surface area contributed by atoms with Crippen LogP contribution in [0.4, 0.5) is 30.7 Å². The van der Waals surface area contributed by atoms with Gasteiger partial charge in [-0.15, -0.1) is 0 Å². The van der Waals surface area contributed by atoms with Crippen LogP contribution in [0, 0.1) is 35.0 Å². The number of rotatable bonds is 9. The number of halogens is 7. The van der Waals surface area contributed by atoms with E-state index in [-0.39, 0.29) is 22.6 Å². The molecule has 0 saturated carbocycles. The fraction of sp³-hybridized carbons (Fsp3) is 0.324. The fourth-order valence-corrected chi connectivity index (χ4v) is 5.35. The number of benzene rings is 3. The van der Waals surface area contributed by atoms with E-state index in [9.17, 15) is 22.4 Å². The van der Waals surface area contributed by atoms with E-state index < -0.39 is 76.2 Å². The van der Waals surface area contributed by atoms with E-state index in [0.29, 0.717) is 50.2 Å². The van der Waals surface area contributed by atoms with Crippen LogP contribution in [0.25, 0.3) is 11.1 Å². The zero-order valence-electron chi connectivity index (χ0n) is 24.8. The first kappa shape index (κ1) is 33.4. The van der Waals surface area contributed by atoms with Gasteiger partial charge in [0.25, 0.3) is 0 Å². The molecule has 1 unspecified atom stereocenters. The first-order valence-corrected chi connectivity index (χ1v) is 14.4. The maximum atomic E-state index is 15.4. The lowest BCUT2D eigenvalue weighted by molar-refractivity contribution is -0.212. The van der Waals surface area contributed by atoms with Crippen LogP contribution in [-0.4, -0.2) is 32.4 Å². The first-order valence-electron chi connectivity index (χ1n) is 14.4. The molecule has 1 saturated heterocycles. The summed E-state index contributed by atoms with van der Waals surface area (Å²) in [5.74, 6) is -11.1.